The summed E-state index contributed by atoms with van der Waals surface area (Å²) in [7, 11) is 0. The van der Waals surface area contributed by atoms with Gasteiger partial charge in [0, 0.05) is 5.92 Å². The lowest BCUT2D eigenvalue weighted by Crippen LogP contribution is -2.43. The molecule has 0 spiro atoms. The summed E-state index contributed by atoms with van der Waals surface area (Å²) >= 11 is 0. The molecule has 0 rings (SSSR count). The molecule has 136 valence electrons. The smallest absolute Gasteiger partial charge is 0.317 e. The van der Waals surface area contributed by atoms with E-state index in [4.69, 9.17) is 0 Å². The number of hydrogen-bond donors (Lipinski definition) is 1. The highest BCUT2D eigenvalue weighted by molar-refractivity contribution is 6.04. The van der Waals surface area contributed by atoms with E-state index < -0.39 is 11.4 Å². The van der Waals surface area contributed by atoms with Crippen molar-refractivity contribution in [1.29, 1.82) is 0 Å². The van der Waals surface area contributed by atoms with Gasteiger partial charge in [-0.05, 0) is 25.7 Å². The van der Waals surface area contributed by atoms with E-state index in [0.717, 1.165) is 64.2 Å². The molecule has 0 aromatic heterocycles. The summed E-state index contributed by atoms with van der Waals surface area (Å²) in [5, 5.41) is 9.93. The van der Waals surface area contributed by atoms with E-state index in [9.17, 15) is 14.7 Å². The maximum atomic E-state index is 13.2. The third kappa shape index (κ3) is 7.05. The molecule has 0 fully saturated rings. The minimum atomic E-state index is -1.14. The van der Waals surface area contributed by atoms with Crippen LogP contribution in [0.4, 0.5) is 0 Å². The number of unbranched alkanes of at least 4 members (excludes halogenated alkanes) is 4. The van der Waals surface area contributed by atoms with Crippen LogP contribution in [-0.2, 0) is 9.59 Å². The van der Waals surface area contributed by atoms with E-state index in [1.807, 2.05) is 0 Å². The largest absolute Gasteiger partial charge is 0.480 e. The third-order valence-corrected chi connectivity index (χ3v) is 4.98. The van der Waals surface area contributed by atoms with E-state index >= 15 is 0 Å². The van der Waals surface area contributed by atoms with Gasteiger partial charge in [-0.15, -0.1) is 0 Å². The van der Waals surface area contributed by atoms with Crippen LogP contribution in [0.15, 0.2) is 0 Å². The molecule has 0 aromatic rings. The molecule has 23 heavy (non-hydrogen) atoms. The predicted molar refractivity (Wildman–Crippen MR) is 96.7 cm³/mol. The van der Waals surface area contributed by atoms with Crippen molar-refractivity contribution in [2.75, 3.05) is 0 Å². The van der Waals surface area contributed by atoms with E-state index in [1.165, 1.54) is 0 Å². The van der Waals surface area contributed by atoms with E-state index in [-0.39, 0.29) is 11.7 Å². The Morgan fingerprint density at radius 1 is 0.783 bits per heavy atom. The lowest BCUT2D eigenvalue weighted by atomic mass is 9.69. The minimum Gasteiger partial charge on any atom is -0.480 e. The summed E-state index contributed by atoms with van der Waals surface area (Å²) in [6, 6.07) is 0. The van der Waals surface area contributed by atoms with E-state index in [2.05, 4.69) is 27.7 Å². The molecule has 1 N–H and O–H groups in total. The highest BCUT2D eigenvalue weighted by Crippen LogP contribution is 2.38. The van der Waals surface area contributed by atoms with Gasteiger partial charge in [0.05, 0.1) is 0 Å². The number of carbonyl (C=O) groups excluding carboxylic acids is 1. The van der Waals surface area contributed by atoms with Crippen molar-refractivity contribution in [1.82, 2.24) is 0 Å². The first-order valence-corrected chi connectivity index (χ1v) is 9.77. The molecule has 3 nitrogen and oxygen atoms in total. The average molecular weight is 327 g/mol. The van der Waals surface area contributed by atoms with Crippen molar-refractivity contribution in [3.8, 4) is 0 Å². The lowest BCUT2D eigenvalue weighted by Gasteiger charge is -2.32. The number of carbonyl (C=O) groups is 2. The molecule has 0 aromatic carbocycles. The lowest BCUT2D eigenvalue weighted by molar-refractivity contribution is -0.158. The molecule has 3 heteroatoms. The maximum absolute atomic E-state index is 13.2. The number of carboxylic acid groups (broad SMARTS) is 1. The van der Waals surface area contributed by atoms with Crippen LogP contribution in [0.3, 0.4) is 0 Å². The number of Topliss-reactive ketones (excluding diaryl/α,β-unsaturated/α-hetero) is 1. The van der Waals surface area contributed by atoms with Gasteiger partial charge in [0.1, 0.15) is 5.41 Å². The monoisotopic (exact) mass is 326 g/mol. The number of ketones is 1. The van der Waals surface area contributed by atoms with Crippen LogP contribution in [0.5, 0.6) is 0 Å². The molecular weight excluding hydrogens is 288 g/mol. The fraction of sp³-hybridized carbons (Fsp3) is 0.900. The summed E-state index contributed by atoms with van der Waals surface area (Å²) < 4.78 is 0. The van der Waals surface area contributed by atoms with Crippen molar-refractivity contribution in [3.63, 3.8) is 0 Å². The average Bonchev–Trinajstić information content (AvgIpc) is 2.54. The second kappa shape index (κ2) is 12.5. The number of rotatable bonds is 15. The molecule has 0 atom stereocenters. The summed E-state index contributed by atoms with van der Waals surface area (Å²) in [4.78, 5) is 25.4. The Balaban J connectivity index is 5.39. The van der Waals surface area contributed by atoms with Crippen LogP contribution in [0, 0.1) is 11.3 Å². The van der Waals surface area contributed by atoms with Gasteiger partial charge < -0.3 is 5.11 Å². The molecule has 0 saturated carbocycles. The quantitative estimate of drug-likeness (QED) is 0.375. The normalized spacial score (nSPS) is 11.9. The van der Waals surface area contributed by atoms with Crippen molar-refractivity contribution < 1.29 is 14.7 Å². The summed E-state index contributed by atoms with van der Waals surface area (Å²) in [6.45, 7) is 8.37. The van der Waals surface area contributed by atoms with Gasteiger partial charge in [-0.3, -0.25) is 9.59 Å². The summed E-state index contributed by atoms with van der Waals surface area (Å²) in [5.74, 6) is -0.934. The highest BCUT2D eigenvalue weighted by Gasteiger charge is 2.46. The standard InChI is InChI=1S/C20H38O3/c1-5-9-13-17(14-10-6-2)18(21)20(19(22)23,15-11-7-3)16-12-8-4/h17H,5-16H2,1-4H3,(H,22,23). The number of carboxylic acids is 1. The molecular formula is C20H38O3. The Hall–Kier alpha value is -0.860. The SMILES string of the molecule is CCCCC(CCCC)C(=O)C(CCCC)(CCCC)C(=O)O. The molecule has 0 radical (unpaired) electrons. The zero-order valence-electron chi connectivity index (χ0n) is 15.8. The summed E-state index contributed by atoms with van der Waals surface area (Å²) in [6.07, 6.45) is 10.3. The first kappa shape index (κ1) is 22.1. The Bertz CT molecular complexity index is 320. The Kier molecular flexibility index (Phi) is 12.1. The topological polar surface area (TPSA) is 54.4 Å². The van der Waals surface area contributed by atoms with E-state index in [1.54, 1.807) is 0 Å². The Morgan fingerprint density at radius 3 is 1.48 bits per heavy atom. The second-order valence-corrected chi connectivity index (χ2v) is 6.94. The maximum Gasteiger partial charge on any atom is 0.317 e. The van der Waals surface area contributed by atoms with Gasteiger partial charge >= 0.3 is 5.97 Å². The zero-order chi connectivity index (χ0) is 17.7. The van der Waals surface area contributed by atoms with Gasteiger partial charge in [-0.25, -0.2) is 0 Å². The van der Waals surface area contributed by atoms with Gasteiger partial charge in [0.2, 0.25) is 0 Å². The molecule has 0 amide bonds. The van der Waals surface area contributed by atoms with Crippen molar-refractivity contribution in [2.24, 2.45) is 11.3 Å². The third-order valence-electron chi connectivity index (χ3n) is 4.98. The molecule has 0 saturated heterocycles. The highest BCUT2D eigenvalue weighted by atomic mass is 16.4. The van der Waals surface area contributed by atoms with Crippen molar-refractivity contribution in [2.45, 2.75) is 105 Å². The van der Waals surface area contributed by atoms with Gasteiger partial charge in [0.25, 0.3) is 0 Å². The molecule has 0 bridgehead atoms. The summed E-state index contributed by atoms with van der Waals surface area (Å²) in [5.41, 5.74) is -1.14. The Morgan fingerprint density at radius 2 is 1.17 bits per heavy atom. The fourth-order valence-corrected chi connectivity index (χ4v) is 3.35. The molecule has 0 aliphatic heterocycles. The molecule has 0 heterocycles. The zero-order valence-corrected chi connectivity index (χ0v) is 15.8. The second-order valence-electron chi connectivity index (χ2n) is 6.94. The minimum absolute atomic E-state index is 0.0220. The number of hydrogen-bond acceptors (Lipinski definition) is 2. The first-order chi connectivity index (χ1) is 11.0. The first-order valence-electron chi connectivity index (χ1n) is 9.77. The van der Waals surface area contributed by atoms with Crippen LogP contribution in [0.2, 0.25) is 0 Å². The van der Waals surface area contributed by atoms with Crippen LogP contribution < -0.4 is 0 Å². The van der Waals surface area contributed by atoms with Gasteiger partial charge in [0.15, 0.2) is 5.78 Å². The number of aliphatic carboxylic acids is 1. The predicted octanol–water partition coefficient (Wildman–Crippen LogP) is 6.00. The van der Waals surface area contributed by atoms with Gasteiger partial charge in [-0.1, -0.05) is 79.1 Å². The molecule has 0 aliphatic rings. The van der Waals surface area contributed by atoms with Crippen LogP contribution in [-0.4, -0.2) is 16.9 Å². The van der Waals surface area contributed by atoms with Crippen molar-refractivity contribution in [3.05, 3.63) is 0 Å². The van der Waals surface area contributed by atoms with Gasteiger partial charge in [-0.2, -0.15) is 0 Å². The van der Waals surface area contributed by atoms with Crippen LogP contribution in [0.1, 0.15) is 105 Å². The van der Waals surface area contributed by atoms with Crippen LogP contribution in [0.25, 0.3) is 0 Å². The fourth-order valence-electron chi connectivity index (χ4n) is 3.35. The molecule has 0 aliphatic carbocycles. The Labute approximate surface area is 143 Å². The molecule has 0 unspecified atom stereocenters. The van der Waals surface area contributed by atoms with Crippen LogP contribution >= 0.6 is 0 Å². The van der Waals surface area contributed by atoms with E-state index in [0.29, 0.717) is 12.8 Å². The van der Waals surface area contributed by atoms with Crippen molar-refractivity contribution >= 4 is 11.8 Å².